The Morgan fingerprint density at radius 3 is 1.69 bits per heavy atom. The highest BCUT2D eigenvalue weighted by atomic mass is 16.7. The van der Waals surface area contributed by atoms with Crippen molar-refractivity contribution < 1.29 is 33.6 Å². The van der Waals surface area contributed by atoms with Crippen molar-refractivity contribution in [2.24, 2.45) is 0 Å². The zero-order valence-corrected chi connectivity index (χ0v) is 20.3. The minimum absolute atomic E-state index is 0.156. The van der Waals surface area contributed by atoms with Crippen LogP contribution in [0.2, 0.25) is 0 Å². The minimum Gasteiger partial charge on any atom is -0.454 e. The lowest BCUT2D eigenvalue weighted by molar-refractivity contribution is -0.309. The molecule has 1 N–H and O–H groups in total. The van der Waals surface area contributed by atoms with E-state index >= 15 is 0 Å². The number of hydrogen-bond donors (Lipinski definition) is 1. The molecule has 3 aromatic rings. The maximum absolute atomic E-state index is 11.9. The van der Waals surface area contributed by atoms with Crippen LogP contribution >= 0.6 is 0 Å². The molecule has 0 radical (unpaired) electrons. The second-order valence-corrected chi connectivity index (χ2v) is 8.66. The number of aliphatic hydroxyl groups is 1. The quantitative estimate of drug-likeness (QED) is 0.405. The van der Waals surface area contributed by atoms with Crippen LogP contribution in [0.5, 0.6) is 0 Å². The third-order valence-corrected chi connectivity index (χ3v) is 5.88. The van der Waals surface area contributed by atoms with Gasteiger partial charge in [-0.15, -0.1) is 0 Å². The molecule has 0 aromatic heterocycles. The normalized spacial score (nSPS) is 23.8. The van der Waals surface area contributed by atoms with E-state index in [1.165, 1.54) is 6.92 Å². The minimum atomic E-state index is -1.39. The molecule has 0 amide bonds. The summed E-state index contributed by atoms with van der Waals surface area (Å²) in [6, 6.07) is 29.2. The van der Waals surface area contributed by atoms with Gasteiger partial charge in [-0.1, -0.05) is 91.0 Å². The van der Waals surface area contributed by atoms with Crippen molar-refractivity contribution in [3.63, 3.8) is 0 Å². The molecule has 0 saturated carbocycles. The highest BCUT2D eigenvalue weighted by molar-refractivity contribution is 5.66. The van der Waals surface area contributed by atoms with Crippen LogP contribution in [0.15, 0.2) is 91.0 Å². The number of hydrogen-bond acceptors (Lipinski definition) is 7. The van der Waals surface area contributed by atoms with E-state index in [1.54, 1.807) is 0 Å². The molecule has 1 saturated heterocycles. The van der Waals surface area contributed by atoms with E-state index in [2.05, 4.69) is 0 Å². The Morgan fingerprint density at radius 1 is 0.722 bits per heavy atom. The lowest BCUT2D eigenvalue weighted by Gasteiger charge is -2.44. The van der Waals surface area contributed by atoms with Crippen molar-refractivity contribution >= 4 is 5.97 Å². The Morgan fingerprint density at radius 2 is 1.19 bits per heavy atom. The van der Waals surface area contributed by atoms with Crippen LogP contribution in [0.4, 0.5) is 0 Å². The summed E-state index contributed by atoms with van der Waals surface area (Å²) < 4.78 is 29.8. The summed E-state index contributed by atoms with van der Waals surface area (Å²) in [6.07, 6.45) is -4.56. The average Bonchev–Trinajstić information content (AvgIpc) is 2.90. The van der Waals surface area contributed by atoms with Gasteiger partial charge in [-0.05, 0) is 16.7 Å². The highest BCUT2D eigenvalue weighted by Gasteiger charge is 2.49. The summed E-state index contributed by atoms with van der Waals surface area (Å²) in [5, 5.41) is 10.8. The van der Waals surface area contributed by atoms with Crippen molar-refractivity contribution in [3.8, 4) is 0 Å². The number of esters is 1. The van der Waals surface area contributed by atoms with Gasteiger partial charge < -0.3 is 28.8 Å². The van der Waals surface area contributed by atoms with Gasteiger partial charge in [0.2, 0.25) is 0 Å². The molecular weight excluding hydrogens is 460 g/mol. The molecule has 0 spiro atoms. The second kappa shape index (κ2) is 13.3. The van der Waals surface area contributed by atoms with Gasteiger partial charge in [0.15, 0.2) is 12.4 Å². The van der Waals surface area contributed by atoms with Crippen LogP contribution in [0.25, 0.3) is 0 Å². The summed E-state index contributed by atoms with van der Waals surface area (Å²) in [4.78, 5) is 11.9. The molecule has 1 fully saturated rings. The van der Waals surface area contributed by atoms with Crippen LogP contribution in [0.3, 0.4) is 0 Å². The van der Waals surface area contributed by atoms with E-state index in [0.717, 1.165) is 16.7 Å². The third kappa shape index (κ3) is 7.46. The van der Waals surface area contributed by atoms with Crippen LogP contribution in [-0.2, 0) is 48.3 Å². The van der Waals surface area contributed by atoms with Crippen molar-refractivity contribution in [2.45, 2.75) is 57.5 Å². The highest BCUT2D eigenvalue weighted by Crippen LogP contribution is 2.29. The molecule has 7 nitrogen and oxygen atoms in total. The second-order valence-electron chi connectivity index (χ2n) is 8.66. The lowest BCUT2D eigenvalue weighted by atomic mass is 9.98. The first-order chi connectivity index (χ1) is 17.6. The van der Waals surface area contributed by atoms with Crippen molar-refractivity contribution in [1.29, 1.82) is 0 Å². The number of aliphatic hydroxyl groups excluding tert-OH is 1. The third-order valence-electron chi connectivity index (χ3n) is 5.88. The van der Waals surface area contributed by atoms with E-state index in [-0.39, 0.29) is 19.8 Å². The monoisotopic (exact) mass is 492 g/mol. The van der Waals surface area contributed by atoms with E-state index in [9.17, 15) is 9.90 Å². The Hall–Kier alpha value is -3.07. The molecule has 190 valence electrons. The number of benzene rings is 3. The van der Waals surface area contributed by atoms with Gasteiger partial charge in [0.05, 0.1) is 26.4 Å². The van der Waals surface area contributed by atoms with Gasteiger partial charge in [-0.25, -0.2) is 0 Å². The average molecular weight is 493 g/mol. The van der Waals surface area contributed by atoms with Crippen LogP contribution in [-0.4, -0.2) is 48.4 Å². The molecule has 1 aliphatic heterocycles. The summed E-state index contributed by atoms with van der Waals surface area (Å²) in [5.74, 6) is -0.545. The van der Waals surface area contributed by atoms with E-state index in [0.29, 0.717) is 6.61 Å². The van der Waals surface area contributed by atoms with Crippen LogP contribution in [0.1, 0.15) is 23.6 Å². The Balaban J connectivity index is 1.53. The van der Waals surface area contributed by atoms with Crippen molar-refractivity contribution in [1.82, 2.24) is 0 Å². The van der Waals surface area contributed by atoms with E-state index in [1.807, 2.05) is 91.0 Å². The maximum atomic E-state index is 11.9. The van der Waals surface area contributed by atoms with Gasteiger partial charge >= 0.3 is 5.97 Å². The number of carbonyl (C=O) groups excluding carboxylic acids is 1. The van der Waals surface area contributed by atoms with E-state index in [4.69, 9.17) is 23.7 Å². The zero-order chi connectivity index (χ0) is 25.2. The Labute approximate surface area is 211 Å². The fraction of sp³-hybridized carbons (Fsp3) is 0.345. The molecule has 3 unspecified atom stereocenters. The SMILES string of the molecule is CC(=O)OC1C(OCc2ccccc2)[C@@H](OCc2ccccc2)C(COCc2ccccc2)O[C@H]1O. The molecule has 1 aliphatic rings. The number of ether oxygens (including phenoxy) is 5. The van der Waals surface area contributed by atoms with Gasteiger partial charge in [-0.3, -0.25) is 4.79 Å². The summed E-state index contributed by atoms with van der Waals surface area (Å²) in [5.41, 5.74) is 2.93. The Kier molecular flexibility index (Phi) is 9.61. The topological polar surface area (TPSA) is 83.5 Å². The number of carbonyl (C=O) groups is 1. The van der Waals surface area contributed by atoms with Crippen LogP contribution in [0, 0.1) is 0 Å². The molecular formula is C29H32O7. The lowest BCUT2D eigenvalue weighted by Crippen LogP contribution is -2.61. The first-order valence-electron chi connectivity index (χ1n) is 12.0. The summed E-state index contributed by atoms with van der Waals surface area (Å²) in [7, 11) is 0. The standard InChI is InChI=1S/C29H32O7/c1-21(30)35-28-27(34-19-24-15-9-4-10-16-24)26(33-18-23-13-7-3-8-14-23)25(36-29(28)31)20-32-17-22-11-5-2-6-12-22/h2-16,25-29,31H,17-20H2,1H3/t25?,26-,27?,28?,29+/m0/s1. The molecule has 0 bridgehead atoms. The van der Waals surface area contributed by atoms with Crippen LogP contribution < -0.4 is 0 Å². The Bertz CT molecular complexity index is 1040. The summed E-state index contributed by atoms with van der Waals surface area (Å²) in [6.45, 7) is 2.36. The first kappa shape index (κ1) is 26.0. The molecule has 4 rings (SSSR count). The van der Waals surface area contributed by atoms with Crippen molar-refractivity contribution in [3.05, 3.63) is 108 Å². The zero-order valence-electron chi connectivity index (χ0n) is 20.3. The largest absolute Gasteiger partial charge is 0.454 e. The summed E-state index contributed by atoms with van der Waals surface area (Å²) >= 11 is 0. The first-order valence-corrected chi connectivity index (χ1v) is 12.0. The predicted octanol–water partition coefficient (Wildman–Crippen LogP) is 4.02. The molecule has 7 heteroatoms. The molecule has 5 atom stereocenters. The van der Waals surface area contributed by atoms with Gasteiger partial charge in [0, 0.05) is 6.92 Å². The van der Waals surface area contributed by atoms with Crippen molar-refractivity contribution in [2.75, 3.05) is 6.61 Å². The predicted molar refractivity (Wildman–Crippen MR) is 133 cm³/mol. The van der Waals surface area contributed by atoms with Gasteiger partial charge in [-0.2, -0.15) is 0 Å². The molecule has 3 aromatic carbocycles. The number of rotatable bonds is 11. The molecule has 36 heavy (non-hydrogen) atoms. The molecule has 0 aliphatic carbocycles. The fourth-order valence-corrected chi connectivity index (χ4v) is 4.14. The van der Waals surface area contributed by atoms with E-state index < -0.39 is 36.7 Å². The maximum Gasteiger partial charge on any atom is 0.303 e. The van der Waals surface area contributed by atoms with Gasteiger partial charge in [0.1, 0.15) is 18.3 Å². The fourth-order valence-electron chi connectivity index (χ4n) is 4.14. The van der Waals surface area contributed by atoms with Gasteiger partial charge in [0.25, 0.3) is 0 Å². The molecule has 1 heterocycles. The smallest absolute Gasteiger partial charge is 0.303 e.